The molecule has 144 valence electrons. The summed E-state index contributed by atoms with van der Waals surface area (Å²) in [7, 11) is -3.46. The van der Waals surface area contributed by atoms with Crippen molar-refractivity contribution in [2.24, 2.45) is 0 Å². The topological polar surface area (TPSA) is 95.2 Å². The lowest BCUT2D eigenvalue weighted by molar-refractivity contribution is 0.104. The maximum Gasteiger partial charge on any atom is 0.243 e. The molecular formula is C19H18N4O3S2. The fraction of sp³-hybridized carbons (Fsp3) is 0.263. The van der Waals surface area contributed by atoms with Gasteiger partial charge < -0.3 is 5.32 Å². The molecule has 2 N–H and O–H groups in total. The number of sulfonamides is 1. The maximum absolute atomic E-state index is 12.8. The van der Waals surface area contributed by atoms with Crippen LogP contribution in [-0.4, -0.2) is 41.8 Å². The van der Waals surface area contributed by atoms with Gasteiger partial charge in [-0.2, -0.15) is 9.40 Å². The molecule has 0 radical (unpaired) electrons. The number of benzene rings is 1. The fourth-order valence-electron chi connectivity index (χ4n) is 3.75. The van der Waals surface area contributed by atoms with Crippen LogP contribution in [0.25, 0.3) is 11.3 Å². The van der Waals surface area contributed by atoms with Crippen LogP contribution in [0.15, 0.2) is 40.6 Å². The van der Waals surface area contributed by atoms with Gasteiger partial charge in [-0.25, -0.2) is 8.42 Å². The number of carbonyl (C=O) groups excluding carboxylic acids is 1. The number of fused-ring (bicyclic) bond motifs is 3. The van der Waals surface area contributed by atoms with Gasteiger partial charge in [-0.05, 0) is 48.6 Å². The number of H-pyrrole nitrogens is 1. The second-order valence-electron chi connectivity index (χ2n) is 6.93. The number of piperidine rings is 1. The van der Waals surface area contributed by atoms with Gasteiger partial charge in [-0.1, -0.05) is 6.42 Å². The molecule has 28 heavy (non-hydrogen) atoms. The Balaban J connectivity index is 1.39. The van der Waals surface area contributed by atoms with E-state index in [-0.39, 0.29) is 10.7 Å². The predicted molar refractivity (Wildman–Crippen MR) is 108 cm³/mol. The van der Waals surface area contributed by atoms with Crippen molar-refractivity contribution in [1.82, 2.24) is 14.5 Å². The highest BCUT2D eigenvalue weighted by Gasteiger charge is 2.33. The molecule has 0 amide bonds. The minimum Gasteiger partial charge on any atom is -0.338 e. The SMILES string of the molecule is O=C1c2sccc2-c2[nH]nc(Nc3ccc(S(=O)(=O)N4CCCCC4)cc3)c21. The number of carbonyl (C=O) groups is 1. The molecule has 1 aliphatic heterocycles. The third kappa shape index (κ3) is 2.69. The molecule has 3 heterocycles. The highest BCUT2D eigenvalue weighted by atomic mass is 32.2. The molecule has 9 heteroatoms. The summed E-state index contributed by atoms with van der Waals surface area (Å²) < 4.78 is 27.1. The van der Waals surface area contributed by atoms with E-state index in [1.165, 1.54) is 11.3 Å². The van der Waals surface area contributed by atoms with Gasteiger partial charge in [0.1, 0.15) is 0 Å². The van der Waals surface area contributed by atoms with Crippen LogP contribution in [0.5, 0.6) is 0 Å². The Labute approximate surface area is 166 Å². The zero-order chi connectivity index (χ0) is 19.3. The summed E-state index contributed by atoms with van der Waals surface area (Å²) in [6.45, 7) is 1.15. The van der Waals surface area contributed by atoms with Gasteiger partial charge in [0.2, 0.25) is 15.8 Å². The fourth-order valence-corrected chi connectivity index (χ4v) is 6.11. The number of hydrogen-bond donors (Lipinski definition) is 2. The number of aromatic nitrogens is 2. The van der Waals surface area contributed by atoms with Gasteiger partial charge in [0.15, 0.2) is 5.82 Å². The van der Waals surface area contributed by atoms with E-state index in [4.69, 9.17) is 0 Å². The summed E-state index contributed by atoms with van der Waals surface area (Å²) >= 11 is 1.42. The average Bonchev–Trinajstić information content (AvgIpc) is 3.40. The standard InChI is InChI=1S/C19H18N4O3S2/c24-17-15-16(14-8-11-27-18(14)17)21-22-19(15)20-12-4-6-13(7-5-12)28(25,26)23-9-2-1-3-10-23/h4-8,11H,1-3,9-10H2,(H2,20,21,22). The first-order valence-corrected chi connectivity index (χ1v) is 11.5. The molecular weight excluding hydrogens is 396 g/mol. The zero-order valence-corrected chi connectivity index (χ0v) is 16.6. The summed E-state index contributed by atoms with van der Waals surface area (Å²) in [6.07, 6.45) is 2.89. The van der Waals surface area contributed by atoms with Crippen LogP contribution in [0, 0.1) is 0 Å². The number of nitrogens with zero attached hydrogens (tertiary/aromatic N) is 2. The van der Waals surface area contributed by atoms with E-state index in [2.05, 4.69) is 15.5 Å². The first-order chi connectivity index (χ1) is 13.6. The van der Waals surface area contributed by atoms with Crippen molar-refractivity contribution in [3.8, 4) is 11.3 Å². The van der Waals surface area contributed by atoms with Gasteiger partial charge in [0, 0.05) is 24.3 Å². The number of hydrogen-bond acceptors (Lipinski definition) is 6. The van der Waals surface area contributed by atoms with Gasteiger partial charge in [-0.15, -0.1) is 11.3 Å². The summed E-state index contributed by atoms with van der Waals surface area (Å²) in [5.41, 5.74) is 2.82. The van der Waals surface area contributed by atoms with Crippen LogP contribution in [0.1, 0.15) is 34.5 Å². The van der Waals surface area contributed by atoms with Crippen LogP contribution in [0.2, 0.25) is 0 Å². The van der Waals surface area contributed by atoms with Crippen molar-refractivity contribution >= 4 is 38.6 Å². The van der Waals surface area contributed by atoms with Crippen LogP contribution < -0.4 is 5.32 Å². The highest BCUT2D eigenvalue weighted by Crippen LogP contribution is 2.41. The van der Waals surface area contributed by atoms with Gasteiger partial charge in [0.25, 0.3) is 0 Å². The summed E-state index contributed by atoms with van der Waals surface area (Å²) in [6, 6.07) is 8.50. The van der Waals surface area contributed by atoms with Crippen LogP contribution in [0.3, 0.4) is 0 Å². The highest BCUT2D eigenvalue weighted by molar-refractivity contribution is 7.89. The molecule has 0 unspecified atom stereocenters. The number of rotatable bonds is 4. The van der Waals surface area contributed by atoms with Crippen molar-refractivity contribution < 1.29 is 13.2 Å². The van der Waals surface area contributed by atoms with E-state index in [0.29, 0.717) is 30.2 Å². The molecule has 0 bridgehead atoms. The van der Waals surface area contributed by atoms with Crippen LogP contribution in [0.4, 0.5) is 11.5 Å². The second kappa shape index (κ2) is 6.54. The number of ketones is 1. The normalized spacial score (nSPS) is 16.8. The molecule has 1 aliphatic carbocycles. The average molecular weight is 415 g/mol. The number of aromatic amines is 1. The third-order valence-electron chi connectivity index (χ3n) is 5.20. The van der Waals surface area contributed by atoms with E-state index in [0.717, 1.165) is 35.4 Å². The molecule has 2 aliphatic rings. The minimum atomic E-state index is -3.46. The van der Waals surface area contributed by atoms with Gasteiger partial charge in [0.05, 0.1) is 21.0 Å². The van der Waals surface area contributed by atoms with Crippen LogP contribution >= 0.6 is 11.3 Å². The number of anilines is 2. The Morgan fingerprint density at radius 1 is 1.07 bits per heavy atom. The lowest BCUT2D eigenvalue weighted by Gasteiger charge is -2.25. The Morgan fingerprint density at radius 3 is 2.57 bits per heavy atom. The van der Waals surface area contributed by atoms with Crippen molar-refractivity contribution in [3.05, 3.63) is 46.2 Å². The Morgan fingerprint density at radius 2 is 1.82 bits per heavy atom. The molecule has 0 spiro atoms. The van der Waals surface area contributed by atoms with Crippen LogP contribution in [-0.2, 0) is 10.0 Å². The minimum absolute atomic E-state index is 0.0412. The van der Waals surface area contributed by atoms with E-state index < -0.39 is 10.0 Å². The summed E-state index contributed by atoms with van der Waals surface area (Å²) in [5.74, 6) is 0.413. The molecule has 3 aromatic rings. The number of thiophene rings is 1. The maximum atomic E-state index is 12.8. The van der Waals surface area contributed by atoms with E-state index in [9.17, 15) is 13.2 Å². The Kier molecular flexibility index (Phi) is 4.11. The van der Waals surface area contributed by atoms with Crippen molar-refractivity contribution in [1.29, 1.82) is 0 Å². The summed E-state index contributed by atoms with van der Waals surface area (Å²) in [5, 5.41) is 12.2. The molecule has 0 atom stereocenters. The van der Waals surface area contributed by atoms with Gasteiger partial charge in [-0.3, -0.25) is 9.89 Å². The first kappa shape index (κ1) is 17.6. The zero-order valence-electron chi connectivity index (χ0n) is 14.9. The summed E-state index contributed by atoms with van der Waals surface area (Å²) in [4.78, 5) is 13.6. The monoisotopic (exact) mass is 414 g/mol. The van der Waals surface area contributed by atoms with Crippen molar-refractivity contribution in [2.45, 2.75) is 24.2 Å². The van der Waals surface area contributed by atoms with Crippen molar-refractivity contribution in [2.75, 3.05) is 18.4 Å². The molecule has 7 nitrogen and oxygen atoms in total. The Hall–Kier alpha value is -2.49. The lowest BCUT2D eigenvalue weighted by Crippen LogP contribution is -2.35. The largest absolute Gasteiger partial charge is 0.338 e. The molecule has 0 saturated carbocycles. The predicted octanol–water partition coefficient (Wildman–Crippen LogP) is 3.60. The molecule has 5 rings (SSSR count). The smallest absolute Gasteiger partial charge is 0.243 e. The van der Waals surface area contributed by atoms with E-state index in [1.54, 1.807) is 28.6 Å². The quantitative estimate of drug-likeness (QED) is 0.532. The first-order valence-electron chi connectivity index (χ1n) is 9.14. The third-order valence-corrected chi connectivity index (χ3v) is 8.03. The molecule has 1 fully saturated rings. The lowest BCUT2D eigenvalue weighted by atomic mass is 10.2. The number of nitrogens with one attached hydrogen (secondary N) is 2. The van der Waals surface area contributed by atoms with E-state index >= 15 is 0 Å². The second-order valence-corrected chi connectivity index (χ2v) is 9.78. The molecule has 1 aromatic carbocycles. The van der Waals surface area contributed by atoms with Gasteiger partial charge >= 0.3 is 0 Å². The molecule has 1 saturated heterocycles. The van der Waals surface area contributed by atoms with Crippen molar-refractivity contribution in [3.63, 3.8) is 0 Å². The van der Waals surface area contributed by atoms with E-state index in [1.807, 2.05) is 11.4 Å². The molecule has 2 aromatic heterocycles. The Bertz CT molecular complexity index is 1160.